The predicted molar refractivity (Wildman–Crippen MR) is 114 cm³/mol. The van der Waals surface area contributed by atoms with E-state index in [1.807, 2.05) is 6.92 Å². The monoisotopic (exact) mass is 423 g/mol. The van der Waals surface area contributed by atoms with Gasteiger partial charge in [0, 0.05) is 32.2 Å². The van der Waals surface area contributed by atoms with Crippen LogP contribution in [0.2, 0.25) is 0 Å². The lowest BCUT2D eigenvalue weighted by atomic mass is 9.94. The van der Waals surface area contributed by atoms with Crippen molar-refractivity contribution in [3.63, 3.8) is 0 Å². The van der Waals surface area contributed by atoms with E-state index in [4.69, 9.17) is 9.47 Å². The van der Waals surface area contributed by atoms with Gasteiger partial charge in [0.25, 0.3) is 11.7 Å². The van der Waals surface area contributed by atoms with Gasteiger partial charge < -0.3 is 24.6 Å². The molecule has 2 heterocycles. The number of Topliss-reactive ketones (excluding diaryl/α,β-unsaturated/α-hetero) is 1. The Labute approximate surface area is 180 Å². The first-order valence-electron chi connectivity index (χ1n) is 10.3. The SMILES string of the molecule is COCCCN1C(=O)C(=O)C(=C(O)c2ccc3c(c2)CC(C)O3)C1c1ccc(O)cc1. The second-order valence-electron chi connectivity index (χ2n) is 7.89. The third kappa shape index (κ3) is 3.88. The Hall–Kier alpha value is -3.32. The molecule has 1 fully saturated rings. The molecule has 1 saturated heterocycles. The number of aliphatic hydroxyl groups is 1. The lowest BCUT2D eigenvalue weighted by Gasteiger charge is -2.25. The van der Waals surface area contributed by atoms with Crippen LogP contribution in [0.1, 0.15) is 36.1 Å². The summed E-state index contributed by atoms with van der Waals surface area (Å²) in [4.78, 5) is 27.3. The van der Waals surface area contributed by atoms with Gasteiger partial charge in [-0.1, -0.05) is 12.1 Å². The Morgan fingerprint density at radius 2 is 1.94 bits per heavy atom. The molecular formula is C24H25NO6. The minimum absolute atomic E-state index is 0.0417. The van der Waals surface area contributed by atoms with E-state index in [-0.39, 0.29) is 23.2 Å². The van der Waals surface area contributed by atoms with Crippen LogP contribution in [-0.2, 0) is 20.7 Å². The first kappa shape index (κ1) is 20.9. The van der Waals surface area contributed by atoms with E-state index in [1.54, 1.807) is 37.4 Å². The number of carbonyl (C=O) groups is 2. The number of fused-ring (bicyclic) bond motifs is 1. The van der Waals surface area contributed by atoms with Crippen molar-refractivity contribution >= 4 is 17.4 Å². The quantitative estimate of drug-likeness (QED) is 0.321. The van der Waals surface area contributed by atoms with Crippen molar-refractivity contribution in [3.05, 3.63) is 64.7 Å². The molecule has 7 heteroatoms. The normalized spacial score (nSPS) is 21.9. The summed E-state index contributed by atoms with van der Waals surface area (Å²) in [6.45, 7) is 2.71. The summed E-state index contributed by atoms with van der Waals surface area (Å²) in [5, 5.41) is 20.8. The van der Waals surface area contributed by atoms with Crippen molar-refractivity contribution in [2.24, 2.45) is 0 Å². The zero-order valence-corrected chi connectivity index (χ0v) is 17.5. The van der Waals surface area contributed by atoms with Crippen molar-refractivity contribution in [2.75, 3.05) is 20.3 Å². The van der Waals surface area contributed by atoms with Crippen LogP contribution in [0.25, 0.3) is 5.76 Å². The van der Waals surface area contributed by atoms with Gasteiger partial charge in [-0.3, -0.25) is 9.59 Å². The average Bonchev–Trinajstić information content (AvgIpc) is 3.25. The van der Waals surface area contributed by atoms with Gasteiger partial charge in [-0.05, 0) is 54.8 Å². The second kappa shape index (κ2) is 8.43. The maximum atomic E-state index is 13.0. The van der Waals surface area contributed by atoms with Gasteiger partial charge in [-0.25, -0.2) is 0 Å². The number of hydrogen-bond acceptors (Lipinski definition) is 6. The fraction of sp³-hybridized carbons (Fsp3) is 0.333. The molecule has 162 valence electrons. The van der Waals surface area contributed by atoms with E-state index >= 15 is 0 Å². The third-order valence-corrected chi connectivity index (χ3v) is 5.67. The summed E-state index contributed by atoms with van der Waals surface area (Å²) < 4.78 is 10.8. The number of benzene rings is 2. The number of aromatic hydroxyl groups is 1. The third-order valence-electron chi connectivity index (χ3n) is 5.67. The molecule has 0 saturated carbocycles. The summed E-state index contributed by atoms with van der Waals surface area (Å²) in [7, 11) is 1.57. The zero-order valence-electron chi connectivity index (χ0n) is 17.5. The predicted octanol–water partition coefficient (Wildman–Crippen LogP) is 3.17. The number of ether oxygens (including phenoxy) is 2. The molecule has 0 aliphatic carbocycles. The number of likely N-dealkylation sites (tertiary alicyclic amines) is 1. The summed E-state index contributed by atoms with van der Waals surface area (Å²) >= 11 is 0. The maximum Gasteiger partial charge on any atom is 0.295 e. The standard InChI is InChI=1S/C24H25NO6/c1-14-12-17-13-16(6-9-19(17)31-14)22(27)20-21(15-4-7-18(26)8-5-15)25(10-3-11-30-2)24(29)23(20)28/h4-9,13-14,21,26-27H,3,10-12H2,1-2H3. The molecule has 4 rings (SSSR count). The maximum absolute atomic E-state index is 13.0. The molecule has 2 N–H and O–H groups in total. The van der Waals surface area contributed by atoms with Crippen molar-refractivity contribution in [1.29, 1.82) is 0 Å². The minimum atomic E-state index is -0.749. The molecule has 0 bridgehead atoms. The Balaban J connectivity index is 1.79. The molecule has 0 aromatic heterocycles. The van der Waals surface area contributed by atoms with E-state index in [0.29, 0.717) is 37.1 Å². The van der Waals surface area contributed by atoms with Gasteiger partial charge in [0.15, 0.2) is 0 Å². The molecule has 2 aliphatic heterocycles. The number of aliphatic hydroxyl groups excluding tert-OH is 1. The molecule has 7 nitrogen and oxygen atoms in total. The number of amides is 1. The summed E-state index contributed by atoms with van der Waals surface area (Å²) in [5.41, 5.74) is 2.09. The molecule has 0 spiro atoms. The Kier molecular flexibility index (Phi) is 5.69. The fourth-order valence-corrected chi connectivity index (χ4v) is 4.22. The number of methoxy groups -OCH3 is 1. The largest absolute Gasteiger partial charge is 0.508 e. The van der Waals surface area contributed by atoms with Crippen molar-refractivity contribution in [1.82, 2.24) is 4.90 Å². The molecule has 2 aromatic carbocycles. The van der Waals surface area contributed by atoms with Gasteiger partial charge in [0.1, 0.15) is 23.4 Å². The first-order valence-corrected chi connectivity index (χ1v) is 10.3. The Bertz CT molecular complexity index is 1040. The Morgan fingerprint density at radius 1 is 1.19 bits per heavy atom. The highest BCUT2D eigenvalue weighted by Crippen LogP contribution is 2.41. The molecule has 0 radical (unpaired) electrons. The Morgan fingerprint density at radius 3 is 2.65 bits per heavy atom. The molecule has 2 aliphatic rings. The summed E-state index contributed by atoms with van der Waals surface area (Å²) in [6, 6.07) is 10.8. The number of hydrogen-bond donors (Lipinski definition) is 2. The van der Waals surface area contributed by atoms with E-state index in [9.17, 15) is 19.8 Å². The van der Waals surface area contributed by atoms with Crippen LogP contribution in [0, 0.1) is 0 Å². The first-order chi connectivity index (χ1) is 14.9. The second-order valence-corrected chi connectivity index (χ2v) is 7.89. The number of nitrogens with zero attached hydrogens (tertiary/aromatic N) is 1. The van der Waals surface area contributed by atoms with E-state index in [1.165, 1.54) is 17.0 Å². The number of phenols is 1. The number of rotatable bonds is 6. The number of phenolic OH excluding ortho intramolecular Hbond substituents is 1. The minimum Gasteiger partial charge on any atom is -0.508 e. The topological polar surface area (TPSA) is 96.3 Å². The van der Waals surface area contributed by atoms with Crippen LogP contribution in [0.5, 0.6) is 11.5 Å². The molecule has 2 aromatic rings. The highest BCUT2D eigenvalue weighted by atomic mass is 16.5. The lowest BCUT2D eigenvalue weighted by molar-refractivity contribution is -0.140. The number of carbonyl (C=O) groups excluding carboxylic acids is 2. The average molecular weight is 423 g/mol. The number of ketones is 1. The van der Waals surface area contributed by atoms with Crippen LogP contribution in [0.3, 0.4) is 0 Å². The zero-order chi connectivity index (χ0) is 22.1. The fourth-order valence-electron chi connectivity index (χ4n) is 4.22. The van der Waals surface area contributed by atoms with Crippen LogP contribution in [-0.4, -0.2) is 53.2 Å². The van der Waals surface area contributed by atoms with Crippen molar-refractivity contribution < 1.29 is 29.3 Å². The van der Waals surface area contributed by atoms with Crippen molar-refractivity contribution in [3.8, 4) is 11.5 Å². The molecule has 1 amide bonds. The lowest BCUT2D eigenvalue weighted by Crippen LogP contribution is -2.31. The summed E-state index contributed by atoms with van der Waals surface area (Å²) in [6.07, 6.45) is 1.31. The van der Waals surface area contributed by atoms with Gasteiger partial charge in [0.2, 0.25) is 0 Å². The van der Waals surface area contributed by atoms with Crippen LogP contribution in [0.4, 0.5) is 0 Å². The van der Waals surface area contributed by atoms with Gasteiger partial charge in [-0.2, -0.15) is 0 Å². The van der Waals surface area contributed by atoms with Gasteiger partial charge in [0.05, 0.1) is 11.6 Å². The van der Waals surface area contributed by atoms with Gasteiger partial charge in [-0.15, -0.1) is 0 Å². The summed E-state index contributed by atoms with van der Waals surface area (Å²) in [5.74, 6) is -0.757. The van der Waals surface area contributed by atoms with Gasteiger partial charge >= 0.3 is 0 Å². The highest BCUT2D eigenvalue weighted by Gasteiger charge is 2.45. The van der Waals surface area contributed by atoms with E-state index < -0.39 is 17.7 Å². The van der Waals surface area contributed by atoms with E-state index in [2.05, 4.69) is 0 Å². The molecule has 2 atom stereocenters. The molecular weight excluding hydrogens is 398 g/mol. The smallest absolute Gasteiger partial charge is 0.295 e. The molecule has 2 unspecified atom stereocenters. The highest BCUT2D eigenvalue weighted by molar-refractivity contribution is 6.46. The van der Waals surface area contributed by atoms with Crippen molar-refractivity contribution in [2.45, 2.75) is 31.9 Å². The van der Waals surface area contributed by atoms with Crippen LogP contribution < -0.4 is 4.74 Å². The van der Waals surface area contributed by atoms with Crippen LogP contribution in [0.15, 0.2) is 48.0 Å². The van der Waals surface area contributed by atoms with Crippen LogP contribution >= 0.6 is 0 Å². The molecule has 31 heavy (non-hydrogen) atoms. The van der Waals surface area contributed by atoms with E-state index in [0.717, 1.165) is 11.3 Å².